The Bertz CT molecular complexity index is 291. The lowest BCUT2D eigenvalue weighted by Gasteiger charge is -2.34. The molecule has 5 heteroatoms. The first-order valence-electron chi connectivity index (χ1n) is 6.21. The molecular formula is C12H22N2O3. The molecule has 5 nitrogen and oxygen atoms in total. The molecule has 2 unspecified atom stereocenters. The molecule has 0 aromatic carbocycles. The highest BCUT2D eigenvalue weighted by Crippen LogP contribution is 2.19. The lowest BCUT2D eigenvalue weighted by atomic mass is 9.98. The van der Waals surface area contributed by atoms with Gasteiger partial charge in [-0.2, -0.15) is 0 Å². The van der Waals surface area contributed by atoms with E-state index in [1.54, 1.807) is 0 Å². The molecule has 0 saturated carbocycles. The molecule has 17 heavy (non-hydrogen) atoms. The smallest absolute Gasteiger partial charge is 0.326 e. The number of carboxylic acid groups (broad SMARTS) is 1. The maximum atomic E-state index is 12.0. The molecule has 0 radical (unpaired) electrons. The van der Waals surface area contributed by atoms with Crippen LogP contribution in [0.25, 0.3) is 0 Å². The summed E-state index contributed by atoms with van der Waals surface area (Å²) < 4.78 is 0. The third-order valence-electron chi connectivity index (χ3n) is 3.37. The number of carbonyl (C=O) groups is 2. The second-order valence-electron chi connectivity index (χ2n) is 5.05. The number of aliphatic carboxylic acids is 1. The standard InChI is InChI=1S/C12H22N2O3/c1-8(2)9(13)7-11(15)14-6-4-3-5-10(14)12(16)17/h8-10H,3-7,13H2,1-2H3,(H,16,17). The SMILES string of the molecule is CC(C)C(N)CC(=O)N1CCCCC1C(=O)O. The summed E-state index contributed by atoms with van der Waals surface area (Å²) in [5, 5.41) is 9.08. The van der Waals surface area contributed by atoms with Gasteiger partial charge in [0.2, 0.25) is 5.91 Å². The number of carboxylic acids is 1. The fraction of sp³-hybridized carbons (Fsp3) is 0.833. The highest BCUT2D eigenvalue weighted by atomic mass is 16.4. The number of likely N-dealkylation sites (tertiary alicyclic amines) is 1. The molecule has 1 saturated heterocycles. The highest BCUT2D eigenvalue weighted by molar-refractivity contribution is 5.84. The van der Waals surface area contributed by atoms with Crippen molar-refractivity contribution >= 4 is 11.9 Å². The van der Waals surface area contributed by atoms with E-state index >= 15 is 0 Å². The molecule has 2 atom stereocenters. The van der Waals surface area contributed by atoms with Crippen LogP contribution in [0.15, 0.2) is 0 Å². The molecule has 1 aliphatic heterocycles. The Hall–Kier alpha value is -1.10. The maximum absolute atomic E-state index is 12.0. The van der Waals surface area contributed by atoms with Gasteiger partial charge >= 0.3 is 5.97 Å². The van der Waals surface area contributed by atoms with Crippen molar-refractivity contribution in [3.8, 4) is 0 Å². The van der Waals surface area contributed by atoms with Gasteiger partial charge in [-0.05, 0) is 25.2 Å². The number of rotatable bonds is 4. The highest BCUT2D eigenvalue weighted by Gasteiger charge is 2.32. The molecule has 1 aliphatic rings. The second-order valence-corrected chi connectivity index (χ2v) is 5.05. The Morgan fingerprint density at radius 3 is 2.59 bits per heavy atom. The van der Waals surface area contributed by atoms with Gasteiger partial charge in [-0.25, -0.2) is 4.79 Å². The molecule has 98 valence electrons. The third-order valence-corrected chi connectivity index (χ3v) is 3.37. The zero-order valence-corrected chi connectivity index (χ0v) is 10.6. The van der Waals surface area contributed by atoms with E-state index < -0.39 is 12.0 Å². The summed E-state index contributed by atoms with van der Waals surface area (Å²) in [6.07, 6.45) is 2.54. The number of hydrogen-bond acceptors (Lipinski definition) is 3. The van der Waals surface area contributed by atoms with Gasteiger partial charge in [0.1, 0.15) is 6.04 Å². The van der Waals surface area contributed by atoms with Gasteiger partial charge in [-0.15, -0.1) is 0 Å². The summed E-state index contributed by atoms with van der Waals surface area (Å²) in [4.78, 5) is 24.6. The third kappa shape index (κ3) is 3.70. The molecule has 1 fully saturated rings. The normalized spacial score (nSPS) is 22.6. The minimum Gasteiger partial charge on any atom is -0.480 e. The first kappa shape index (κ1) is 14.0. The second kappa shape index (κ2) is 6.00. The summed E-state index contributed by atoms with van der Waals surface area (Å²) in [5.74, 6) is -0.804. The first-order valence-corrected chi connectivity index (χ1v) is 6.21. The number of piperidine rings is 1. The van der Waals surface area contributed by atoms with Crippen LogP contribution >= 0.6 is 0 Å². The number of nitrogens with two attached hydrogens (primary N) is 1. The molecule has 3 N–H and O–H groups in total. The van der Waals surface area contributed by atoms with Crippen molar-refractivity contribution in [3.63, 3.8) is 0 Å². The van der Waals surface area contributed by atoms with E-state index in [0.717, 1.165) is 12.8 Å². The van der Waals surface area contributed by atoms with Gasteiger partial charge in [0.15, 0.2) is 0 Å². The molecule has 0 bridgehead atoms. The minimum atomic E-state index is -0.906. The van der Waals surface area contributed by atoms with Crippen molar-refractivity contribution in [1.29, 1.82) is 0 Å². The summed E-state index contributed by atoms with van der Waals surface area (Å²) in [5.41, 5.74) is 5.85. The zero-order chi connectivity index (χ0) is 13.0. The lowest BCUT2D eigenvalue weighted by molar-refractivity contribution is -0.152. The molecular weight excluding hydrogens is 220 g/mol. The van der Waals surface area contributed by atoms with Gasteiger partial charge in [-0.3, -0.25) is 4.79 Å². The zero-order valence-electron chi connectivity index (χ0n) is 10.6. The summed E-state index contributed by atoms with van der Waals surface area (Å²) >= 11 is 0. The van der Waals surface area contributed by atoms with Gasteiger partial charge < -0.3 is 15.7 Å². The van der Waals surface area contributed by atoms with Crippen molar-refractivity contribution in [2.75, 3.05) is 6.54 Å². The van der Waals surface area contributed by atoms with E-state index in [4.69, 9.17) is 10.8 Å². The van der Waals surface area contributed by atoms with E-state index in [1.165, 1.54) is 4.90 Å². The average Bonchev–Trinajstić information content (AvgIpc) is 2.28. The van der Waals surface area contributed by atoms with Crippen LogP contribution in [0.3, 0.4) is 0 Å². The lowest BCUT2D eigenvalue weighted by Crippen LogP contribution is -2.49. The van der Waals surface area contributed by atoms with Gasteiger partial charge in [0, 0.05) is 19.0 Å². The summed E-state index contributed by atoms with van der Waals surface area (Å²) in [7, 11) is 0. The average molecular weight is 242 g/mol. The van der Waals surface area contributed by atoms with Gasteiger partial charge in [0.05, 0.1) is 0 Å². The minimum absolute atomic E-state index is 0.127. The first-order chi connectivity index (χ1) is 7.93. The van der Waals surface area contributed by atoms with Crippen LogP contribution in [0.2, 0.25) is 0 Å². The number of hydrogen-bond donors (Lipinski definition) is 2. The van der Waals surface area contributed by atoms with Crippen LogP contribution in [0.1, 0.15) is 39.5 Å². The summed E-state index contributed by atoms with van der Waals surface area (Å²) in [6.45, 7) is 4.46. The van der Waals surface area contributed by atoms with E-state index in [9.17, 15) is 9.59 Å². The van der Waals surface area contributed by atoms with Crippen molar-refractivity contribution in [2.45, 2.75) is 51.6 Å². The number of nitrogens with zero attached hydrogens (tertiary/aromatic N) is 1. The van der Waals surface area contributed by atoms with E-state index in [0.29, 0.717) is 13.0 Å². The number of carbonyl (C=O) groups excluding carboxylic acids is 1. The van der Waals surface area contributed by atoms with Crippen LogP contribution in [0.5, 0.6) is 0 Å². The molecule has 0 aromatic rings. The predicted octanol–water partition coefficient (Wildman–Crippen LogP) is 0.825. The van der Waals surface area contributed by atoms with E-state index in [1.807, 2.05) is 13.8 Å². The maximum Gasteiger partial charge on any atom is 0.326 e. The largest absolute Gasteiger partial charge is 0.480 e. The van der Waals surface area contributed by atoms with Crippen LogP contribution in [-0.4, -0.2) is 40.5 Å². The number of amides is 1. The van der Waals surface area contributed by atoms with Crippen LogP contribution in [0.4, 0.5) is 0 Å². The van der Waals surface area contributed by atoms with Gasteiger partial charge in [-0.1, -0.05) is 13.8 Å². The molecule has 1 heterocycles. The Labute approximate surface area is 102 Å². The van der Waals surface area contributed by atoms with Crippen molar-refractivity contribution in [1.82, 2.24) is 4.90 Å². The molecule has 0 aliphatic carbocycles. The van der Waals surface area contributed by atoms with E-state index in [-0.39, 0.29) is 24.3 Å². The fourth-order valence-corrected chi connectivity index (χ4v) is 2.04. The fourth-order valence-electron chi connectivity index (χ4n) is 2.04. The van der Waals surface area contributed by atoms with Crippen LogP contribution in [-0.2, 0) is 9.59 Å². The summed E-state index contributed by atoms with van der Waals surface area (Å²) in [6, 6.07) is -0.852. The molecule has 1 amide bonds. The van der Waals surface area contributed by atoms with Crippen LogP contribution < -0.4 is 5.73 Å². The Balaban J connectivity index is 2.62. The monoisotopic (exact) mass is 242 g/mol. The molecule has 1 rings (SSSR count). The predicted molar refractivity (Wildman–Crippen MR) is 64.4 cm³/mol. The Kier molecular flexibility index (Phi) is 4.93. The Morgan fingerprint density at radius 1 is 1.41 bits per heavy atom. The van der Waals surface area contributed by atoms with Crippen LogP contribution in [0, 0.1) is 5.92 Å². The Morgan fingerprint density at radius 2 is 2.06 bits per heavy atom. The topological polar surface area (TPSA) is 83.6 Å². The van der Waals surface area contributed by atoms with E-state index in [2.05, 4.69) is 0 Å². The van der Waals surface area contributed by atoms with Crippen molar-refractivity contribution < 1.29 is 14.7 Å². The van der Waals surface area contributed by atoms with Crippen molar-refractivity contribution in [2.24, 2.45) is 11.7 Å². The van der Waals surface area contributed by atoms with Crippen molar-refractivity contribution in [3.05, 3.63) is 0 Å². The van der Waals surface area contributed by atoms with Gasteiger partial charge in [0.25, 0.3) is 0 Å². The quantitative estimate of drug-likeness (QED) is 0.764. The molecule has 0 spiro atoms. The molecule has 0 aromatic heterocycles.